The molecule has 1 heterocycles. The maximum atomic E-state index is 5.58. The van der Waals surface area contributed by atoms with Gasteiger partial charge in [0.2, 0.25) is 0 Å². The van der Waals surface area contributed by atoms with Gasteiger partial charge in [0.15, 0.2) is 0 Å². The Morgan fingerprint density at radius 3 is 2.88 bits per heavy atom. The van der Waals surface area contributed by atoms with Crippen LogP contribution in [-0.4, -0.2) is 38.5 Å². The van der Waals surface area contributed by atoms with Crippen molar-refractivity contribution in [3.8, 4) is 0 Å². The molecule has 0 aliphatic rings. The predicted molar refractivity (Wildman–Crippen MR) is 68.1 cm³/mol. The molecule has 1 unspecified atom stereocenters. The molecule has 1 atom stereocenters. The van der Waals surface area contributed by atoms with Crippen LogP contribution in [0.5, 0.6) is 0 Å². The summed E-state index contributed by atoms with van der Waals surface area (Å²) in [6, 6.07) is 2.22. The molecule has 0 aliphatic carbocycles. The Hall–Kier alpha value is -0.970. The van der Waals surface area contributed by atoms with Crippen molar-refractivity contribution < 1.29 is 9.47 Å². The molecule has 0 bridgehead atoms. The molecule has 4 heteroatoms. The summed E-state index contributed by atoms with van der Waals surface area (Å²) in [5.41, 5.74) is 2.44. The van der Waals surface area contributed by atoms with E-state index in [9.17, 15) is 0 Å². The van der Waals surface area contributed by atoms with E-state index >= 15 is 0 Å². The molecule has 0 aliphatic heterocycles. The molecule has 1 rings (SSSR count). The molecule has 0 amide bonds. The first-order valence-corrected chi connectivity index (χ1v) is 6.00. The molecule has 0 fully saturated rings. The highest BCUT2D eigenvalue weighted by molar-refractivity contribution is 5.25. The first kappa shape index (κ1) is 14.1. The van der Waals surface area contributed by atoms with Gasteiger partial charge >= 0.3 is 0 Å². The number of pyridine rings is 1. The van der Waals surface area contributed by atoms with E-state index in [1.54, 1.807) is 7.11 Å². The minimum atomic E-state index is 0.200. The number of ether oxygens (including phenoxy) is 2. The maximum Gasteiger partial charge on any atom is 0.0701 e. The fourth-order valence-electron chi connectivity index (χ4n) is 1.69. The molecule has 1 N–H and O–H groups in total. The molecule has 0 spiro atoms. The molecular formula is C13H22N2O2. The summed E-state index contributed by atoms with van der Waals surface area (Å²) in [6.07, 6.45) is 3.72. The number of likely N-dealkylation sites (N-methyl/N-ethyl adjacent to an activating group) is 1. The van der Waals surface area contributed by atoms with Crippen molar-refractivity contribution in [3.63, 3.8) is 0 Å². The second-order valence-electron chi connectivity index (χ2n) is 3.91. The van der Waals surface area contributed by atoms with E-state index in [2.05, 4.69) is 24.1 Å². The van der Waals surface area contributed by atoms with Crippen LogP contribution in [-0.2, 0) is 9.47 Å². The van der Waals surface area contributed by atoms with E-state index in [1.807, 2.05) is 18.5 Å². The fraction of sp³-hybridized carbons (Fsp3) is 0.615. The number of nitrogens with one attached hydrogen (secondary N) is 1. The van der Waals surface area contributed by atoms with Crippen molar-refractivity contribution in [1.29, 1.82) is 0 Å². The summed E-state index contributed by atoms with van der Waals surface area (Å²) in [4.78, 5) is 4.17. The monoisotopic (exact) mass is 238 g/mol. The van der Waals surface area contributed by atoms with Gasteiger partial charge in [0, 0.05) is 19.5 Å². The lowest BCUT2D eigenvalue weighted by Crippen LogP contribution is -2.26. The van der Waals surface area contributed by atoms with Gasteiger partial charge in [0.1, 0.15) is 0 Å². The maximum absolute atomic E-state index is 5.58. The topological polar surface area (TPSA) is 43.4 Å². The Kier molecular flexibility index (Phi) is 6.77. The van der Waals surface area contributed by atoms with E-state index in [0.29, 0.717) is 19.8 Å². The zero-order valence-electron chi connectivity index (χ0n) is 10.9. The Labute approximate surface area is 103 Å². The largest absolute Gasteiger partial charge is 0.382 e. The Morgan fingerprint density at radius 2 is 2.24 bits per heavy atom. The summed E-state index contributed by atoms with van der Waals surface area (Å²) in [7, 11) is 1.68. The third-order valence-corrected chi connectivity index (χ3v) is 2.62. The third-order valence-electron chi connectivity index (χ3n) is 2.62. The summed E-state index contributed by atoms with van der Waals surface area (Å²) in [5, 5.41) is 3.41. The van der Waals surface area contributed by atoms with Gasteiger partial charge in [-0.05, 0) is 30.7 Å². The first-order valence-electron chi connectivity index (χ1n) is 6.00. The molecule has 0 saturated carbocycles. The number of nitrogens with zero attached hydrogens (tertiary/aromatic N) is 1. The molecular weight excluding hydrogens is 216 g/mol. The molecule has 0 aromatic carbocycles. The predicted octanol–water partition coefficient (Wildman–Crippen LogP) is 1.70. The smallest absolute Gasteiger partial charge is 0.0701 e. The minimum Gasteiger partial charge on any atom is -0.382 e. The lowest BCUT2D eigenvalue weighted by atomic mass is 10.0. The average molecular weight is 238 g/mol. The molecule has 4 nitrogen and oxygen atoms in total. The van der Waals surface area contributed by atoms with Crippen LogP contribution in [0.25, 0.3) is 0 Å². The summed E-state index contributed by atoms with van der Waals surface area (Å²) < 4.78 is 10.5. The van der Waals surface area contributed by atoms with Gasteiger partial charge in [0.05, 0.1) is 25.9 Å². The van der Waals surface area contributed by atoms with Crippen LogP contribution in [0.4, 0.5) is 0 Å². The quantitative estimate of drug-likeness (QED) is 0.700. The second-order valence-corrected chi connectivity index (χ2v) is 3.91. The highest BCUT2D eigenvalue weighted by atomic mass is 16.5. The van der Waals surface area contributed by atoms with Gasteiger partial charge in [0.25, 0.3) is 0 Å². The molecule has 17 heavy (non-hydrogen) atoms. The molecule has 0 radical (unpaired) electrons. The number of hydrogen-bond donors (Lipinski definition) is 1. The molecule has 1 aromatic rings. The van der Waals surface area contributed by atoms with E-state index in [4.69, 9.17) is 9.47 Å². The molecule has 0 saturated heterocycles. The van der Waals surface area contributed by atoms with Gasteiger partial charge in [-0.15, -0.1) is 0 Å². The van der Waals surface area contributed by atoms with Crippen molar-refractivity contribution in [3.05, 3.63) is 29.6 Å². The van der Waals surface area contributed by atoms with Gasteiger partial charge in [-0.25, -0.2) is 0 Å². The van der Waals surface area contributed by atoms with Gasteiger partial charge in [-0.1, -0.05) is 6.92 Å². The Balaban J connectivity index is 2.56. The lowest BCUT2D eigenvalue weighted by molar-refractivity contribution is 0.0587. The average Bonchev–Trinajstić information content (AvgIpc) is 2.34. The van der Waals surface area contributed by atoms with Crippen molar-refractivity contribution in [1.82, 2.24) is 10.3 Å². The van der Waals surface area contributed by atoms with Crippen LogP contribution in [0.2, 0.25) is 0 Å². The van der Waals surface area contributed by atoms with Gasteiger partial charge < -0.3 is 14.8 Å². The number of methoxy groups -OCH3 is 1. The summed E-state index contributed by atoms with van der Waals surface area (Å²) in [6.45, 7) is 6.99. The Morgan fingerprint density at radius 1 is 1.41 bits per heavy atom. The zero-order chi connectivity index (χ0) is 12.5. The number of aromatic nitrogens is 1. The standard InChI is InChI=1S/C13H22N2O2/c1-4-15-13(10-17-8-7-16-3)12-9-14-6-5-11(12)2/h5-6,9,13,15H,4,7-8,10H2,1-3H3. The lowest BCUT2D eigenvalue weighted by Gasteiger charge is -2.19. The van der Waals surface area contributed by atoms with Crippen LogP contribution in [0.1, 0.15) is 24.1 Å². The number of rotatable bonds is 8. The Bertz CT molecular complexity index is 318. The van der Waals surface area contributed by atoms with Gasteiger partial charge in [-0.3, -0.25) is 4.98 Å². The summed E-state index contributed by atoms with van der Waals surface area (Å²) in [5.74, 6) is 0. The van der Waals surface area contributed by atoms with Crippen molar-refractivity contribution in [2.45, 2.75) is 19.9 Å². The second kappa shape index (κ2) is 8.17. The fourth-order valence-corrected chi connectivity index (χ4v) is 1.69. The highest BCUT2D eigenvalue weighted by Gasteiger charge is 2.12. The van der Waals surface area contributed by atoms with E-state index in [0.717, 1.165) is 6.54 Å². The van der Waals surface area contributed by atoms with E-state index in [1.165, 1.54) is 11.1 Å². The summed E-state index contributed by atoms with van der Waals surface area (Å²) >= 11 is 0. The molecule has 1 aromatic heterocycles. The minimum absolute atomic E-state index is 0.200. The van der Waals surface area contributed by atoms with Crippen molar-refractivity contribution in [2.75, 3.05) is 33.5 Å². The first-order chi connectivity index (χ1) is 8.29. The third kappa shape index (κ3) is 4.81. The van der Waals surface area contributed by atoms with Gasteiger partial charge in [-0.2, -0.15) is 0 Å². The molecule has 96 valence electrons. The van der Waals surface area contributed by atoms with E-state index in [-0.39, 0.29) is 6.04 Å². The normalized spacial score (nSPS) is 12.6. The van der Waals surface area contributed by atoms with Crippen LogP contribution >= 0.6 is 0 Å². The SMILES string of the molecule is CCNC(COCCOC)c1cnccc1C. The van der Waals surface area contributed by atoms with Crippen LogP contribution in [0.15, 0.2) is 18.5 Å². The highest BCUT2D eigenvalue weighted by Crippen LogP contribution is 2.16. The number of hydrogen-bond acceptors (Lipinski definition) is 4. The number of aryl methyl sites for hydroxylation is 1. The van der Waals surface area contributed by atoms with Crippen molar-refractivity contribution in [2.24, 2.45) is 0 Å². The zero-order valence-corrected chi connectivity index (χ0v) is 10.9. The van der Waals surface area contributed by atoms with Crippen LogP contribution < -0.4 is 5.32 Å². The van der Waals surface area contributed by atoms with Crippen molar-refractivity contribution >= 4 is 0 Å². The van der Waals surface area contributed by atoms with E-state index < -0.39 is 0 Å². The van der Waals surface area contributed by atoms with Crippen LogP contribution in [0, 0.1) is 6.92 Å². The van der Waals surface area contributed by atoms with Crippen LogP contribution in [0.3, 0.4) is 0 Å².